The summed E-state index contributed by atoms with van der Waals surface area (Å²) in [6, 6.07) is 0. The third-order valence-corrected chi connectivity index (χ3v) is 2.59. The predicted octanol–water partition coefficient (Wildman–Crippen LogP) is 1.09. The molecule has 1 aliphatic rings. The lowest BCUT2D eigenvalue weighted by atomic mass is 10.1. The maximum Gasteiger partial charge on any atom is 0.311 e. The molecule has 1 aromatic rings. The molecule has 0 amide bonds. The molecular formula is C9H13N3O2. The van der Waals surface area contributed by atoms with Gasteiger partial charge in [-0.25, -0.2) is 4.98 Å². The predicted molar refractivity (Wildman–Crippen MR) is 48.9 cm³/mol. The second-order valence-corrected chi connectivity index (χ2v) is 3.69. The van der Waals surface area contributed by atoms with Crippen LogP contribution < -0.4 is 0 Å². The molecule has 0 unspecified atom stereocenters. The van der Waals surface area contributed by atoms with Crippen molar-refractivity contribution in [1.29, 1.82) is 0 Å². The van der Waals surface area contributed by atoms with Gasteiger partial charge in [0.25, 0.3) is 0 Å². The van der Waals surface area contributed by atoms with Gasteiger partial charge in [0, 0.05) is 5.92 Å². The number of carboxylic acid groups (broad SMARTS) is 1. The average Bonchev–Trinajstić information content (AvgIpc) is 2.69. The van der Waals surface area contributed by atoms with Gasteiger partial charge in [0.2, 0.25) is 0 Å². The third-order valence-electron chi connectivity index (χ3n) is 2.59. The molecular weight excluding hydrogens is 182 g/mol. The van der Waals surface area contributed by atoms with Gasteiger partial charge >= 0.3 is 5.97 Å². The van der Waals surface area contributed by atoms with Crippen LogP contribution in [0.1, 0.15) is 43.3 Å². The van der Waals surface area contributed by atoms with Crippen molar-refractivity contribution in [3.8, 4) is 0 Å². The van der Waals surface area contributed by atoms with E-state index >= 15 is 0 Å². The van der Waals surface area contributed by atoms with Crippen molar-refractivity contribution in [1.82, 2.24) is 15.2 Å². The quantitative estimate of drug-likeness (QED) is 0.756. The molecule has 14 heavy (non-hydrogen) atoms. The first-order valence-corrected chi connectivity index (χ1v) is 4.88. The van der Waals surface area contributed by atoms with Gasteiger partial charge in [0.1, 0.15) is 12.2 Å². The highest BCUT2D eigenvalue weighted by Gasteiger charge is 2.21. The molecule has 0 aromatic carbocycles. The number of aliphatic carboxylic acids is 1. The van der Waals surface area contributed by atoms with Crippen LogP contribution in [0, 0.1) is 0 Å². The van der Waals surface area contributed by atoms with Crippen molar-refractivity contribution >= 4 is 5.97 Å². The van der Waals surface area contributed by atoms with Crippen LogP contribution in [0.15, 0.2) is 0 Å². The monoisotopic (exact) mass is 195 g/mol. The molecule has 5 nitrogen and oxygen atoms in total. The number of nitrogens with one attached hydrogen (secondary N) is 1. The van der Waals surface area contributed by atoms with Gasteiger partial charge in [-0.2, -0.15) is 5.10 Å². The number of aromatic nitrogens is 3. The van der Waals surface area contributed by atoms with E-state index in [4.69, 9.17) is 5.11 Å². The first-order chi connectivity index (χ1) is 6.75. The largest absolute Gasteiger partial charge is 0.481 e. The Balaban J connectivity index is 2.05. The van der Waals surface area contributed by atoms with Gasteiger partial charge in [-0.1, -0.05) is 12.8 Å². The Bertz CT molecular complexity index is 329. The van der Waals surface area contributed by atoms with Crippen molar-refractivity contribution in [2.45, 2.75) is 38.0 Å². The Morgan fingerprint density at radius 3 is 2.86 bits per heavy atom. The van der Waals surface area contributed by atoms with E-state index in [9.17, 15) is 4.79 Å². The molecule has 0 bridgehead atoms. The van der Waals surface area contributed by atoms with E-state index in [0.29, 0.717) is 11.7 Å². The fourth-order valence-corrected chi connectivity index (χ4v) is 1.90. The van der Waals surface area contributed by atoms with Crippen LogP contribution in [-0.4, -0.2) is 26.3 Å². The summed E-state index contributed by atoms with van der Waals surface area (Å²) in [5.41, 5.74) is 0. The zero-order chi connectivity index (χ0) is 9.97. The smallest absolute Gasteiger partial charge is 0.311 e. The summed E-state index contributed by atoms with van der Waals surface area (Å²) >= 11 is 0. The van der Waals surface area contributed by atoms with Crippen LogP contribution in [0.3, 0.4) is 0 Å². The lowest BCUT2D eigenvalue weighted by Crippen LogP contribution is -2.02. The molecule has 0 saturated heterocycles. The van der Waals surface area contributed by atoms with Crippen molar-refractivity contribution < 1.29 is 9.90 Å². The fraction of sp³-hybridized carbons (Fsp3) is 0.667. The standard InChI is InChI=1S/C9H13N3O2/c13-8(14)5-7-10-9(12-11-7)6-3-1-2-4-6/h6H,1-5H2,(H,13,14)(H,10,11,12). The van der Waals surface area contributed by atoms with Crippen LogP contribution in [0.25, 0.3) is 0 Å². The molecule has 0 atom stereocenters. The first-order valence-electron chi connectivity index (χ1n) is 4.88. The van der Waals surface area contributed by atoms with Gasteiger partial charge < -0.3 is 5.11 Å². The molecule has 1 saturated carbocycles. The third kappa shape index (κ3) is 1.92. The van der Waals surface area contributed by atoms with Crippen LogP contribution >= 0.6 is 0 Å². The topological polar surface area (TPSA) is 78.9 Å². The van der Waals surface area contributed by atoms with Crippen LogP contribution in [0.2, 0.25) is 0 Å². The molecule has 76 valence electrons. The molecule has 1 aromatic heterocycles. The lowest BCUT2D eigenvalue weighted by molar-refractivity contribution is -0.136. The Morgan fingerprint density at radius 1 is 1.50 bits per heavy atom. The van der Waals surface area contributed by atoms with Crippen molar-refractivity contribution in [3.05, 3.63) is 11.6 Å². The number of carbonyl (C=O) groups is 1. The lowest BCUT2D eigenvalue weighted by Gasteiger charge is -2.00. The summed E-state index contributed by atoms with van der Waals surface area (Å²) in [4.78, 5) is 14.6. The maximum atomic E-state index is 10.4. The highest BCUT2D eigenvalue weighted by molar-refractivity contribution is 5.68. The summed E-state index contributed by atoms with van der Waals surface area (Å²) in [7, 11) is 0. The molecule has 0 aliphatic heterocycles. The fourth-order valence-electron chi connectivity index (χ4n) is 1.90. The van der Waals surface area contributed by atoms with Crippen LogP contribution in [0.4, 0.5) is 0 Å². The molecule has 1 heterocycles. The van der Waals surface area contributed by atoms with Gasteiger partial charge in [0.05, 0.1) is 0 Å². The minimum absolute atomic E-state index is 0.0697. The SMILES string of the molecule is O=C(O)Cc1nc(C2CCCC2)n[nH]1. The van der Waals surface area contributed by atoms with Crippen molar-refractivity contribution in [2.75, 3.05) is 0 Å². The number of aromatic amines is 1. The summed E-state index contributed by atoms with van der Waals surface area (Å²) in [6.45, 7) is 0. The van der Waals surface area contributed by atoms with Gasteiger partial charge in [0.15, 0.2) is 5.82 Å². The minimum Gasteiger partial charge on any atom is -0.481 e. The minimum atomic E-state index is -0.876. The molecule has 1 aliphatic carbocycles. The zero-order valence-electron chi connectivity index (χ0n) is 7.86. The first kappa shape index (κ1) is 9.18. The summed E-state index contributed by atoms with van der Waals surface area (Å²) in [6.07, 6.45) is 4.65. The van der Waals surface area contributed by atoms with Crippen LogP contribution in [-0.2, 0) is 11.2 Å². The van der Waals surface area contributed by atoms with E-state index in [1.165, 1.54) is 12.8 Å². The van der Waals surface area contributed by atoms with Crippen molar-refractivity contribution in [2.24, 2.45) is 0 Å². The van der Waals surface area contributed by atoms with E-state index < -0.39 is 5.97 Å². The second kappa shape index (κ2) is 3.77. The van der Waals surface area contributed by atoms with E-state index in [-0.39, 0.29) is 6.42 Å². The molecule has 5 heteroatoms. The molecule has 0 radical (unpaired) electrons. The Hall–Kier alpha value is -1.39. The number of H-pyrrole nitrogens is 1. The Labute approximate surface area is 81.6 Å². The van der Waals surface area contributed by atoms with Gasteiger partial charge in [-0.05, 0) is 12.8 Å². The van der Waals surface area contributed by atoms with E-state index in [1.807, 2.05) is 0 Å². The molecule has 2 N–H and O–H groups in total. The second-order valence-electron chi connectivity index (χ2n) is 3.69. The Morgan fingerprint density at radius 2 is 2.21 bits per heavy atom. The normalized spacial score (nSPS) is 17.4. The molecule has 0 spiro atoms. The highest BCUT2D eigenvalue weighted by Crippen LogP contribution is 2.31. The van der Waals surface area contributed by atoms with Crippen LogP contribution in [0.5, 0.6) is 0 Å². The van der Waals surface area contributed by atoms with E-state index in [0.717, 1.165) is 18.7 Å². The van der Waals surface area contributed by atoms with Gasteiger partial charge in [-0.3, -0.25) is 9.89 Å². The average molecular weight is 195 g/mol. The van der Waals surface area contributed by atoms with E-state index in [2.05, 4.69) is 15.2 Å². The maximum absolute atomic E-state index is 10.4. The van der Waals surface area contributed by atoms with E-state index in [1.54, 1.807) is 0 Å². The molecule has 1 fully saturated rings. The number of carboxylic acids is 1. The number of hydrogen-bond donors (Lipinski definition) is 2. The number of hydrogen-bond acceptors (Lipinski definition) is 3. The summed E-state index contributed by atoms with van der Waals surface area (Å²) < 4.78 is 0. The zero-order valence-corrected chi connectivity index (χ0v) is 7.86. The Kier molecular flexibility index (Phi) is 2.47. The van der Waals surface area contributed by atoms with Gasteiger partial charge in [-0.15, -0.1) is 0 Å². The number of nitrogens with zero attached hydrogens (tertiary/aromatic N) is 2. The number of rotatable bonds is 3. The molecule has 2 rings (SSSR count). The highest BCUT2D eigenvalue weighted by atomic mass is 16.4. The van der Waals surface area contributed by atoms with Crippen molar-refractivity contribution in [3.63, 3.8) is 0 Å². The summed E-state index contributed by atoms with van der Waals surface area (Å²) in [5, 5.41) is 15.3. The summed E-state index contributed by atoms with van der Waals surface area (Å²) in [5.74, 6) is 0.811.